The summed E-state index contributed by atoms with van der Waals surface area (Å²) in [6.07, 6.45) is 2.82. The molecule has 0 aliphatic carbocycles. The van der Waals surface area contributed by atoms with Crippen molar-refractivity contribution in [3.63, 3.8) is 0 Å². The fourth-order valence-electron chi connectivity index (χ4n) is 1.31. The molecule has 0 radical (unpaired) electrons. The standard InChI is InChI=1S/C10H10ClN5O2/c1-16-5-14-8(15-16)4-13-9-7(11)2-6(3-12-9)10(17)18/h2-3,5H,4H2,1H3,(H,12,13)(H,17,18). The van der Waals surface area contributed by atoms with E-state index in [-0.39, 0.29) is 10.6 Å². The Balaban J connectivity index is 2.08. The van der Waals surface area contributed by atoms with Gasteiger partial charge in [0.1, 0.15) is 12.1 Å². The van der Waals surface area contributed by atoms with E-state index >= 15 is 0 Å². The molecule has 0 saturated heterocycles. The minimum Gasteiger partial charge on any atom is -0.478 e. The molecule has 94 valence electrons. The van der Waals surface area contributed by atoms with Crippen molar-refractivity contribution in [1.82, 2.24) is 19.7 Å². The van der Waals surface area contributed by atoms with Crippen molar-refractivity contribution < 1.29 is 9.90 Å². The van der Waals surface area contributed by atoms with Gasteiger partial charge in [-0.2, -0.15) is 5.10 Å². The number of aromatic nitrogens is 4. The fourth-order valence-corrected chi connectivity index (χ4v) is 1.55. The summed E-state index contributed by atoms with van der Waals surface area (Å²) in [6, 6.07) is 1.34. The number of halogens is 1. The molecule has 8 heteroatoms. The molecule has 18 heavy (non-hydrogen) atoms. The van der Waals surface area contributed by atoms with Crippen molar-refractivity contribution in [3.05, 3.63) is 35.0 Å². The molecular weight excluding hydrogens is 258 g/mol. The van der Waals surface area contributed by atoms with Crippen molar-refractivity contribution in [2.75, 3.05) is 5.32 Å². The number of aromatic carboxylic acids is 1. The van der Waals surface area contributed by atoms with Crippen LogP contribution in [0.5, 0.6) is 0 Å². The maximum absolute atomic E-state index is 10.7. The normalized spacial score (nSPS) is 10.3. The molecular formula is C10H10ClN5O2. The van der Waals surface area contributed by atoms with Gasteiger partial charge in [0.05, 0.1) is 17.1 Å². The highest BCUT2D eigenvalue weighted by atomic mass is 35.5. The summed E-state index contributed by atoms with van der Waals surface area (Å²) in [5.41, 5.74) is 0.0431. The number of hydrogen-bond donors (Lipinski definition) is 2. The summed E-state index contributed by atoms with van der Waals surface area (Å²) < 4.78 is 1.58. The van der Waals surface area contributed by atoms with Gasteiger partial charge < -0.3 is 10.4 Å². The summed E-state index contributed by atoms with van der Waals surface area (Å²) in [4.78, 5) is 18.7. The largest absolute Gasteiger partial charge is 0.478 e. The Morgan fingerprint density at radius 3 is 2.89 bits per heavy atom. The van der Waals surface area contributed by atoms with E-state index in [1.807, 2.05) is 0 Å². The zero-order valence-corrected chi connectivity index (χ0v) is 10.2. The van der Waals surface area contributed by atoms with E-state index in [0.29, 0.717) is 18.2 Å². The van der Waals surface area contributed by atoms with Crippen LogP contribution < -0.4 is 5.32 Å². The minimum atomic E-state index is -1.07. The lowest BCUT2D eigenvalue weighted by Gasteiger charge is -2.05. The van der Waals surface area contributed by atoms with Gasteiger partial charge in [0, 0.05) is 13.2 Å². The summed E-state index contributed by atoms with van der Waals surface area (Å²) >= 11 is 5.91. The SMILES string of the molecule is Cn1cnc(CNc2ncc(C(=O)O)cc2Cl)n1. The number of nitrogens with one attached hydrogen (secondary N) is 1. The van der Waals surface area contributed by atoms with E-state index in [1.165, 1.54) is 12.3 Å². The predicted molar refractivity (Wildman–Crippen MR) is 64.5 cm³/mol. The predicted octanol–water partition coefficient (Wildman–Crippen LogP) is 1.17. The van der Waals surface area contributed by atoms with Gasteiger partial charge in [-0.15, -0.1) is 0 Å². The van der Waals surface area contributed by atoms with Gasteiger partial charge >= 0.3 is 5.97 Å². The third-order valence-corrected chi connectivity index (χ3v) is 2.44. The second-order valence-corrected chi connectivity index (χ2v) is 3.95. The van der Waals surface area contributed by atoms with Gasteiger partial charge in [0.15, 0.2) is 5.82 Å². The average molecular weight is 268 g/mol. The maximum Gasteiger partial charge on any atom is 0.337 e. The summed E-state index contributed by atoms with van der Waals surface area (Å²) in [7, 11) is 1.77. The Morgan fingerprint density at radius 2 is 2.33 bits per heavy atom. The van der Waals surface area contributed by atoms with Gasteiger partial charge in [0.2, 0.25) is 0 Å². The fraction of sp³-hybridized carbons (Fsp3) is 0.200. The van der Waals surface area contributed by atoms with Gasteiger partial charge in [-0.25, -0.2) is 14.8 Å². The first kappa shape index (κ1) is 12.3. The van der Waals surface area contributed by atoms with E-state index in [2.05, 4.69) is 20.4 Å². The smallest absolute Gasteiger partial charge is 0.337 e. The molecule has 0 aliphatic rings. The first-order chi connectivity index (χ1) is 8.56. The van der Waals surface area contributed by atoms with Crippen LogP contribution in [0.1, 0.15) is 16.2 Å². The molecule has 2 aromatic rings. The molecule has 0 aromatic carbocycles. The van der Waals surface area contributed by atoms with Crippen LogP contribution in [0.4, 0.5) is 5.82 Å². The number of carboxylic acids is 1. The Hall–Kier alpha value is -2.15. The molecule has 0 atom stereocenters. The highest BCUT2D eigenvalue weighted by Crippen LogP contribution is 2.20. The molecule has 2 aromatic heterocycles. The lowest BCUT2D eigenvalue weighted by atomic mass is 10.3. The quantitative estimate of drug-likeness (QED) is 0.864. The minimum absolute atomic E-state index is 0.0431. The molecule has 0 unspecified atom stereocenters. The van der Waals surface area contributed by atoms with Gasteiger partial charge in [-0.05, 0) is 6.07 Å². The second-order valence-electron chi connectivity index (χ2n) is 3.55. The van der Waals surface area contributed by atoms with Crippen molar-refractivity contribution in [3.8, 4) is 0 Å². The molecule has 0 spiro atoms. The number of nitrogens with zero attached hydrogens (tertiary/aromatic N) is 4. The van der Waals surface area contributed by atoms with Crippen LogP contribution in [0.3, 0.4) is 0 Å². The van der Waals surface area contributed by atoms with Crippen molar-refractivity contribution in [2.24, 2.45) is 7.05 Å². The van der Waals surface area contributed by atoms with Crippen LogP contribution in [0, 0.1) is 0 Å². The molecule has 0 fully saturated rings. The number of hydrogen-bond acceptors (Lipinski definition) is 5. The van der Waals surface area contributed by atoms with E-state index in [0.717, 1.165) is 0 Å². The van der Waals surface area contributed by atoms with Crippen molar-refractivity contribution in [1.29, 1.82) is 0 Å². The molecule has 2 N–H and O–H groups in total. The number of pyridine rings is 1. The molecule has 0 amide bonds. The maximum atomic E-state index is 10.7. The molecule has 2 rings (SSSR count). The summed E-state index contributed by atoms with van der Waals surface area (Å²) in [5, 5.41) is 16.0. The Labute approximate surface area is 107 Å². The summed E-state index contributed by atoms with van der Waals surface area (Å²) in [5.74, 6) is -0.0749. The molecule has 2 heterocycles. The van der Waals surface area contributed by atoms with E-state index in [1.54, 1.807) is 18.1 Å². The highest BCUT2D eigenvalue weighted by molar-refractivity contribution is 6.33. The zero-order valence-electron chi connectivity index (χ0n) is 9.46. The number of anilines is 1. The van der Waals surface area contributed by atoms with Crippen LogP contribution >= 0.6 is 11.6 Å². The van der Waals surface area contributed by atoms with Gasteiger partial charge in [-0.1, -0.05) is 11.6 Å². The van der Waals surface area contributed by atoms with E-state index in [9.17, 15) is 4.79 Å². The van der Waals surface area contributed by atoms with Crippen molar-refractivity contribution >= 4 is 23.4 Å². The number of carbonyl (C=O) groups is 1. The number of rotatable bonds is 4. The monoisotopic (exact) mass is 267 g/mol. The molecule has 0 aliphatic heterocycles. The Bertz CT molecular complexity index is 583. The van der Waals surface area contributed by atoms with Crippen LogP contribution in [0.25, 0.3) is 0 Å². The second kappa shape index (κ2) is 5.01. The zero-order chi connectivity index (χ0) is 13.1. The highest BCUT2D eigenvalue weighted by Gasteiger charge is 2.08. The third-order valence-electron chi connectivity index (χ3n) is 2.15. The van der Waals surface area contributed by atoms with Gasteiger partial charge in [0.25, 0.3) is 0 Å². The van der Waals surface area contributed by atoms with Crippen LogP contribution in [-0.2, 0) is 13.6 Å². The van der Waals surface area contributed by atoms with E-state index < -0.39 is 5.97 Å². The molecule has 0 saturated carbocycles. The molecule has 0 bridgehead atoms. The first-order valence-electron chi connectivity index (χ1n) is 5.03. The number of carboxylic acid groups (broad SMARTS) is 1. The van der Waals surface area contributed by atoms with Crippen LogP contribution in [0.15, 0.2) is 18.6 Å². The first-order valence-corrected chi connectivity index (χ1v) is 5.41. The Kier molecular flexibility index (Phi) is 3.42. The number of aryl methyl sites for hydroxylation is 1. The summed E-state index contributed by atoms with van der Waals surface area (Å²) in [6.45, 7) is 0.361. The van der Waals surface area contributed by atoms with E-state index in [4.69, 9.17) is 16.7 Å². The molecule has 7 nitrogen and oxygen atoms in total. The lowest BCUT2D eigenvalue weighted by Crippen LogP contribution is -2.06. The van der Waals surface area contributed by atoms with Gasteiger partial charge in [-0.3, -0.25) is 4.68 Å². The third kappa shape index (κ3) is 2.75. The Morgan fingerprint density at radius 1 is 1.56 bits per heavy atom. The van der Waals surface area contributed by atoms with Crippen LogP contribution in [0.2, 0.25) is 5.02 Å². The lowest BCUT2D eigenvalue weighted by molar-refractivity contribution is 0.0696. The van der Waals surface area contributed by atoms with Crippen molar-refractivity contribution in [2.45, 2.75) is 6.54 Å². The average Bonchev–Trinajstić information content (AvgIpc) is 2.73. The topological polar surface area (TPSA) is 92.9 Å². The van der Waals surface area contributed by atoms with Crippen LogP contribution in [-0.4, -0.2) is 30.8 Å².